The Labute approximate surface area is 123 Å². The van der Waals surface area contributed by atoms with Crippen molar-refractivity contribution in [3.63, 3.8) is 0 Å². The monoisotopic (exact) mass is 285 g/mol. The van der Waals surface area contributed by atoms with Gasteiger partial charge in [0.25, 0.3) is 0 Å². The first-order valence-corrected chi connectivity index (χ1v) is 8.04. The van der Waals surface area contributed by atoms with E-state index in [0.717, 1.165) is 29.5 Å². The number of aromatic nitrogens is 2. The molecular weight excluding hydrogens is 266 g/mol. The molecule has 0 spiro atoms. The molecule has 0 fully saturated rings. The molecule has 1 aliphatic carbocycles. The quantitative estimate of drug-likeness (QED) is 0.648. The van der Waals surface area contributed by atoms with Crippen LogP contribution in [0, 0.1) is 0 Å². The van der Waals surface area contributed by atoms with Crippen LogP contribution in [-0.2, 0) is 6.54 Å². The van der Waals surface area contributed by atoms with Crippen molar-refractivity contribution in [1.82, 2.24) is 15.3 Å². The molecule has 0 saturated heterocycles. The summed E-state index contributed by atoms with van der Waals surface area (Å²) >= 11 is 1.66. The molecule has 0 unspecified atom stereocenters. The number of hydrogen-bond acceptors (Lipinski definition) is 4. The van der Waals surface area contributed by atoms with Crippen LogP contribution in [0.25, 0.3) is 10.7 Å². The van der Waals surface area contributed by atoms with Crippen LogP contribution in [0.3, 0.4) is 0 Å². The smallest absolute Gasteiger partial charge is 0.142 e. The average Bonchev–Trinajstić information content (AvgIpc) is 3.16. The van der Waals surface area contributed by atoms with Crippen molar-refractivity contribution in [2.24, 2.45) is 0 Å². The van der Waals surface area contributed by atoms with E-state index in [0.29, 0.717) is 0 Å². The third-order valence-corrected chi connectivity index (χ3v) is 4.41. The number of hydrogen-bond donors (Lipinski definition) is 1. The Morgan fingerprint density at radius 2 is 2.30 bits per heavy atom. The number of pyridine rings is 1. The highest BCUT2D eigenvalue weighted by Gasteiger charge is 2.06. The van der Waals surface area contributed by atoms with Crippen LogP contribution in [0.1, 0.15) is 31.4 Å². The lowest BCUT2D eigenvalue weighted by molar-refractivity contribution is 0.668. The first kappa shape index (κ1) is 13.5. The largest absolute Gasteiger partial charge is 0.311 e. The molecule has 2 aromatic rings. The minimum atomic E-state index is 0.844. The molecule has 3 nitrogen and oxygen atoms in total. The predicted octanol–water partition coefficient (Wildman–Crippen LogP) is 3.80. The topological polar surface area (TPSA) is 37.8 Å². The molecule has 3 rings (SSSR count). The van der Waals surface area contributed by atoms with Crippen LogP contribution in [0.4, 0.5) is 0 Å². The fourth-order valence-electron chi connectivity index (χ4n) is 2.42. The van der Waals surface area contributed by atoms with Crippen molar-refractivity contribution in [1.29, 1.82) is 0 Å². The van der Waals surface area contributed by atoms with E-state index in [2.05, 4.69) is 26.7 Å². The van der Waals surface area contributed by atoms with Gasteiger partial charge >= 0.3 is 0 Å². The molecule has 0 saturated carbocycles. The highest BCUT2D eigenvalue weighted by atomic mass is 32.1. The molecule has 0 aromatic carbocycles. The molecule has 104 valence electrons. The molecule has 1 N–H and O–H groups in total. The van der Waals surface area contributed by atoms with Crippen LogP contribution in [0.15, 0.2) is 41.4 Å². The summed E-state index contributed by atoms with van der Waals surface area (Å²) in [5, 5.41) is 6.59. The summed E-state index contributed by atoms with van der Waals surface area (Å²) in [5.74, 6) is 0. The number of nitrogens with one attached hydrogen (secondary N) is 1. The van der Waals surface area contributed by atoms with Gasteiger partial charge in [-0.3, -0.25) is 4.98 Å². The molecule has 2 aromatic heterocycles. The van der Waals surface area contributed by atoms with E-state index in [9.17, 15) is 0 Å². The van der Waals surface area contributed by atoms with Crippen molar-refractivity contribution in [2.45, 2.75) is 32.2 Å². The van der Waals surface area contributed by atoms with Crippen LogP contribution in [0.5, 0.6) is 0 Å². The van der Waals surface area contributed by atoms with Crippen molar-refractivity contribution in [3.05, 3.63) is 47.1 Å². The Morgan fingerprint density at radius 1 is 1.30 bits per heavy atom. The van der Waals surface area contributed by atoms with E-state index in [1.807, 2.05) is 24.4 Å². The van der Waals surface area contributed by atoms with E-state index >= 15 is 0 Å². The maximum atomic E-state index is 4.63. The zero-order valence-corrected chi connectivity index (χ0v) is 12.3. The van der Waals surface area contributed by atoms with Gasteiger partial charge in [0.05, 0.1) is 11.4 Å². The summed E-state index contributed by atoms with van der Waals surface area (Å²) in [4.78, 5) is 8.96. The molecular formula is C16H19N3S. The lowest BCUT2D eigenvalue weighted by atomic mass is 10.2. The van der Waals surface area contributed by atoms with Gasteiger partial charge in [0.15, 0.2) is 0 Å². The Hall–Kier alpha value is -1.52. The van der Waals surface area contributed by atoms with E-state index in [1.165, 1.54) is 25.7 Å². The standard InChI is InChI=1S/C16H19N3S/c1-2-6-13(5-1)8-10-17-11-14-12-20-16(19-14)15-7-3-4-9-18-15/h3-5,7,9,12,17H,1-2,6,8,10-11H2. The fourth-order valence-corrected chi connectivity index (χ4v) is 3.22. The molecule has 4 heteroatoms. The normalized spacial score (nSPS) is 14.5. The van der Waals surface area contributed by atoms with Gasteiger partial charge in [-0.1, -0.05) is 17.7 Å². The van der Waals surface area contributed by atoms with Crippen LogP contribution >= 0.6 is 11.3 Å². The van der Waals surface area contributed by atoms with Gasteiger partial charge in [-0.25, -0.2) is 4.98 Å². The Bertz CT molecular complexity index is 574. The second kappa shape index (κ2) is 6.77. The van der Waals surface area contributed by atoms with Gasteiger partial charge in [0.2, 0.25) is 0 Å². The number of nitrogens with zero attached hydrogens (tertiary/aromatic N) is 2. The molecule has 1 aliphatic rings. The maximum absolute atomic E-state index is 4.63. The van der Waals surface area contributed by atoms with Crippen molar-refractivity contribution >= 4 is 11.3 Å². The average molecular weight is 285 g/mol. The Morgan fingerprint density at radius 3 is 3.10 bits per heavy atom. The molecule has 0 bridgehead atoms. The van der Waals surface area contributed by atoms with Gasteiger partial charge in [0.1, 0.15) is 5.01 Å². The molecule has 0 radical (unpaired) electrons. The van der Waals surface area contributed by atoms with E-state index in [1.54, 1.807) is 16.9 Å². The van der Waals surface area contributed by atoms with Crippen molar-refractivity contribution in [2.75, 3.05) is 6.54 Å². The molecule has 2 heterocycles. The molecule has 0 amide bonds. The summed E-state index contributed by atoms with van der Waals surface area (Å²) in [6, 6.07) is 5.93. The van der Waals surface area contributed by atoms with Crippen LogP contribution in [-0.4, -0.2) is 16.5 Å². The zero-order chi connectivity index (χ0) is 13.6. The van der Waals surface area contributed by atoms with Gasteiger partial charge in [-0.2, -0.15) is 0 Å². The Balaban J connectivity index is 1.48. The molecule has 0 atom stereocenters. The summed E-state index contributed by atoms with van der Waals surface area (Å²) in [6.45, 7) is 1.89. The summed E-state index contributed by atoms with van der Waals surface area (Å²) in [5.41, 5.74) is 3.68. The lowest BCUT2D eigenvalue weighted by Crippen LogP contribution is -2.15. The Kier molecular flexibility index (Phi) is 4.56. The van der Waals surface area contributed by atoms with Gasteiger partial charge in [0, 0.05) is 18.1 Å². The first-order valence-electron chi connectivity index (χ1n) is 7.16. The van der Waals surface area contributed by atoms with Crippen molar-refractivity contribution in [3.8, 4) is 10.7 Å². The minimum Gasteiger partial charge on any atom is -0.311 e. The second-order valence-corrected chi connectivity index (χ2v) is 5.90. The minimum absolute atomic E-state index is 0.844. The summed E-state index contributed by atoms with van der Waals surface area (Å²) in [7, 11) is 0. The number of thiazole rings is 1. The van der Waals surface area contributed by atoms with E-state index < -0.39 is 0 Å². The van der Waals surface area contributed by atoms with Crippen molar-refractivity contribution < 1.29 is 0 Å². The zero-order valence-electron chi connectivity index (χ0n) is 11.5. The molecule has 0 aliphatic heterocycles. The maximum Gasteiger partial charge on any atom is 0.142 e. The predicted molar refractivity (Wildman–Crippen MR) is 83.6 cm³/mol. The molecule has 20 heavy (non-hydrogen) atoms. The fraction of sp³-hybridized carbons (Fsp3) is 0.375. The second-order valence-electron chi connectivity index (χ2n) is 5.04. The van der Waals surface area contributed by atoms with Crippen LogP contribution < -0.4 is 5.32 Å². The van der Waals surface area contributed by atoms with Crippen LogP contribution in [0.2, 0.25) is 0 Å². The third-order valence-electron chi connectivity index (χ3n) is 3.50. The summed E-state index contributed by atoms with van der Waals surface area (Å²) < 4.78 is 0. The van der Waals surface area contributed by atoms with E-state index in [4.69, 9.17) is 0 Å². The first-order chi connectivity index (χ1) is 9.92. The SMILES string of the molecule is C1=C(CCNCc2csc(-c3ccccn3)n2)CCC1. The van der Waals surface area contributed by atoms with E-state index in [-0.39, 0.29) is 0 Å². The highest BCUT2D eigenvalue weighted by Crippen LogP contribution is 2.22. The van der Waals surface area contributed by atoms with Gasteiger partial charge in [-0.05, 0) is 44.4 Å². The van der Waals surface area contributed by atoms with Gasteiger partial charge in [-0.15, -0.1) is 11.3 Å². The van der Waals surface area contributed by atoms with Gasteiger partial charge < -0.3 is 5.32 Å². The summed E-state index contributed by atoms with van der Waals surface area (Å²) in [6.07, 6.45) is 9.29. The number of allylic oxidation sites excluding steroid dienone is 1. The third kappa shape index (κ3) is 3.52. The number of rotatable bonds is 6. The lowest BCUT2D eigenvalue weighted by Gasteiger charge is -2.03. The highest BCUT2D eigenvalue weighted by molar-refractivity contribution is 7.13.